The van der Waals surface area contributed by atoms with E-state index in [2.05, 4.69) is 9.71 Å². The molecule has 1 N–H and O–H groups in total. The van der Waals surface area contributed by atoms with Crippen LogP contribution < -0.4 is 4.72 Å². The third-order valence-electron chi connectivity index (χ3n) is 1.52. The third kappa shape index (κ3) is 2.96. The summed E-state index contributed by atoms with van der Waals surface area (Å²) in [5.41, 5.74) is 0. The summed E-state index contributed by atoms with van der Waals surface area (Å²) in [5, 5.41) is 0.457. The predicted octanol–water partition coefficient (Wildman–Crippen LogP) is 1.47. The molecule has 4 nitrogen and oxygen atoms in total. The van der Waals surface area contributed by atoms with Crippen molar-refractivity contribution in [3.63, 3.8) is 0 Å². The molecule has 0 unspecified atom stereocenters. The molecule has 74 valence electrons. The second kappa shape index (κ2) is 4.06. The van der Waals surface area contributed by atoms with Crippen molar-refractivity contribution in [2.24, 2.45) is 0 Å². The Morgan fingerprint density at radius 1 is 1.54 bits per heavy atom. The molecule has 6 heteroatoms. The number of thiazole rings is 1. The number of anilines is 1. The van der Waals surface area contributed by atoms with Gasteiger partial charge in [-0.15, -0.1) is 11.3 Å². The number of nitrogens with zero attached hydrogens (tertiary/aromatic N) is 1. The van der Waals surface area contributed by atoms with E-state index in [1.807, 2.05) is 6.92 Å². The molecule has 0 aliphatic rings. The van der Waals surface area contributed by atoms with E-state index in [1.165, 1.54) is 11.3 Å². The zero-order valence-electron chi connectivity index (χ0n) is 7.57. The first kappa shape index (κ1) is 10.5. The molecule has 1 heterocycles. The maximum Gasteiger partial charge on any atom is 0.234 e. The van der Waals surface area contributed by atoms with E-state index in [9.17, 15) is 8.42 Å². The smallest absolute Gasteiger partial charge is 0.234 e. The summed E-state index contributed by atoms with van der Waals surface area (Å²) in [6, 6.07) is 0. The lowest BCUT2D eigenvalue weighted by Crippen LogP contribution is -2.14. The lowest BCUT2D eigenvalue weighted by atomic mass is 10.4. The Morgan fingerprint density at radius 3 is 2.69 bits per heavy atom. The molecular weight excluding hydrogens is 208 g/mol. The van der Waals surface area contributed by atoms with E-state index in [0.717, 1.165) is 11.3 Å². The standard InChI is InChI=1S/C7H12N2O2S2/c1-3-6-5-8-7(12-6)9-13(10,11)4-2/h5H,3-4H2,1-2H3,(H,8,9). The van der Waals surface area contributed by atoms with Crippen molar-refractivity contribution in [2.45, 2.75) is 20.3 Å². The molecule has 1 aromatic rings. The average molecular weight is 220 g/mol. The van der Waals surface area contributed by atoms with Crippen LogP contribution in [0, 0.1) is 0 Å². The lowest BCUT2D eigenvalue weighted by molar-refractivity contribution is 0.602. The van der Waals surface area contributed by atoms with Gasteiger partial charge in [0.15, 0.2) is 5.13 Å². The zero-order chi connectivity index (χ0) is 9.90. The minimum absolute atomic E-state index is 0.0774. The van der Waals surface area contributed by atoms with Crippen LogP contribution in [0.2, 0.25) is 0 Å². The second-order valence-electron chi connectivity index (χ2n) is 2.49. The molecule has 0 atom stereocenters. The Bertz CT molecular complexity index is 370. The zero-order valence-corrected chi connectivity index (χ0v) is 9.20. The molecule has 0 amide bonds. The number of sulfonamides is 1. The number of nitrogens with one attached hydrogen (secondary N) is 1. The third-order valence-corrected chi connectivity index (χ3v) is 3.98. The molecule has 1 rings (SSSR count). The summed E-state index contributed by atoms with van der Waals surface area (Å²) in [6.45, 7) is 3.60. The van der Waals surface area contributed by atoms with E-state index >= 15 is 0 Å². The fourth-order valence-electron chi connectivity index (χ4n) is 0.723. The highest BCUT2D eigenvalue weighted by Crippen LogP contribution is 2.19. The van der Waals surface area contributed by atoms with Crippen molar-refractivity contribution in [2.75, 3.05) is 10.5 Å². The molecule has 0 bridgehead atoms. The highest BCUT2D eigenvalue weighted by Gasteiger charge is 2.09. The van der Waals surface area contributed by atoms with Crippen molar-refractivity contribution in [1.29, 1.82) is 0 Å². The van der Waals surface area contributed by atoms with Crippen LogP contribution >= 0.6 is 11.3 Å². The maximum absolute atomic E-state index is 11.1. The monoisotopic (exact) mass is 220 g/mol. The quantitative estimate of drug-likeness (QED) is 0.836. The fourth-order valence-corrected chi connectivity index (χ4v) is 2.34. The topological polar surface area (TPSA) is 59.1 Å². The lowest BCUT2D eigenvalue weighted by Gasteiger charge is -1.99. The number of aryl methyl sites for hydroxylation is 1. The van der Waals surface area contributed by atoms with Gasteiger partial charge in [-0.05, 0) is 13.3 Å². The van der Waals surface area contributed by atoms with Crippen LogP contribution in [0.4, 0.5) is 5.13 Å². The van der Waals surface area contributed by atoms with Gasteiger partial charge in [-0.25, -0.2) is 13.4 Å². The highest BCUT2D eigenvalue weighted by atomic mass is 32.2. The molecular formula is C7H12N2O2S2. The van der Waals surface area contributed by atoms with Crippen molar-refractivity contribution in [3.8, 4) is 0 Å². The Morgan fingerprint density at radius 2 is 2.23 bits per heavy atom. The van der Waals surface area contributed by atoms with E-state index in [1.54, 1.807) is 13.1 Å². The van der Waals surface area contributed by atoms with Crippen molar-refractivity contribution < 1.29 is 8.42 Å². The van der Waals surface area contributed by atoms with Crippen molar-refractivity contribution in [3.05, 3.63) is 11.1 Å². The number of aromatic nitrogens is 1. The van der Waals surface area contributed by atoms with E-state index in [-0.39, 0.29) is 5.75 Å². The van der Waals surface area contributed by atoms with Gasteiger partial charge in [0.05, 0.1) is 5.75 Å². The highest BCUT2D eigenvalue weighted by molar-refractivity contribution is 7.92. The summed E-state index contributed by atoms with van der Waals surface area (Å²) in [4.78, 5) is 5.03. The molecule has 0 radical (unpaired) electrons. The number of rotatable bonds is 4. The fraction of sp³-hybridized carbons (Fsp3) is 0.571. The summed E-state index contributed by atoms with van der Waals surface area (Å²) < 4.78 is 24.6. The van der Waals surface area contributed by atoms with E-state index < -0.39 is 10.0 Å². The number of hydrogen-bond donors (Lipinski definition) is 1. The van der Waals surface area contributed by atoms with Crippen LogP contribution in [0.3, 0.4) is 0 Å². The van der Waals surface area contributed by atoms with E-state index in [0.29, 0.717) is 5.13 Å². The molecule has 13 heavy (non-hydrogen) atoms. The SMILES string of the molecule is CCc1cnc(NS(=O)(=O)CC)s1. The normalized spacial score (nSPS) is 11.5. The van der Waals surface area contributed by atoms with Gasteiger partial charge in [-0.1, -0.05) is 6.92 Å². The first-order valence-corrected chi connectivity index (χ1v) is 6.49. The van der Waals surface area contributed by atoms with Gasteiger partial charge in [-0.2, -0.15) is 0 Å². The van der Waals surface area contributed by atoms with Gasteiger partial charge in [0.2, 0.25) is 10.0 Å². The first-order valence-electron chi connectivity index (χ1n) is 4.02. The van der Waals surface area contributed by atoms with Crippen LogP contribution in [-0.4, -0.2) is 19.2 Å². The van der Waals surface area contributed by atoms with Crippen LogP contribution in [0.25, 0.3) is 0 Å². The maximum atomic E-state index is 11.1. The van der Waals surface area contributed by atoms with Gasteiger partial charge >= 0.3 is 0 Å². The Hall–Kier alpha value is -0.620. The molecule has 0 aliphatic heterocycles. The summed E-state index contributed by atoms with van der Waals surface area (Å²) in [7, 11) is -3.17. The largest absolute Gasteiger partial charge is 0.259 e. The first-order chi connectivity index (χ1) is 6.07. The summed E-state index contributed by atoms with van der Waals surface area (Å²) in [6.07, 6.45) is 2.57. The molecule has 0 saturated heterocycles. The van der Waals surface area contributed by atoms with Crippen molar-refractivity contribution in [1.82, 2.24) is 4.98 Å². The van der Waals surface area contributed by atoms with Crippen LogP contribution in [0.15, 0.2) is 6.20 Å². The Labute approximate surface area is 82.1 Å². The Kier molecular flexibility index (Phi) is 3.27. The molecule has 0 spiro atoms. The molecule has 0 saturated carbocycles. The van der Waals surface area contributed by atoms with Gasteiger partial charge in [-0.3, -0.25) is 4.72 Å². The molecule has 1 aromatic heterocycles. The molecule has 0 fully saturated rings. The van der Waals surface area contributed by atoms with Gasteiger partial charge in [0.1, 0.15) is 0 Å². The van der Waals surface area contributed by atoms with Crippen LogP contribution in [-0.2, 0) is 16.4 Å². The molecule has 0 aromatic carbocycles. The molecule has 0 aliphatic carbocycles. The second-order valence-corrected chi connectivity index (χ2v) is 5.62. The van der Waals surface area contributed by atoms with Crippen molar-refractivity contribution >= 4 is 26.5 Å². The van der Waals surface area contributed by atoms with Gasteiger partial charge in [0.25, 0.3) is 0 Å². The average Bonchev–Trinajstić information content (AvgIpc) is 2.52. The van der Waals surface area contributed by atoms with Gasteiger partial charge < -0.3 is 0 Å². The minimum atomic E-state index is -3.17. The number of hydrogen-bond acceptors (Lipinski definition) is 4. The predicted molar refractivity (Wildman–Crippen MR) is 54.6 cm³/mol. The van der Waals surface area contributed by atoms with Gasteiger partial charge in [0, 0.05) is 11.1 Å². The summed E-state index contributed by atoms with van der Waals surface area (Å²) in [5.74, 6) is 0.0774. The van der Waals surface area contributed by atoms with Crippen LogP contribution in [0.5, 0.6) is 0 Å². The minimum Gasteiger partial charge on any atom is -0.259 e. The Balaban J connectivity index is 2.75. The van der Waals surface area contributed by atoms with Crippen LogP contribution in [0.1, 0.15) is 18.7 Å². The van der Waals surface area contributed by atoms with E-state index in [4.69, 9.17) is 0 Å². The summed E-state index contributed by atoms with van der Waals surface area (Å²) >= 11 is 1.37.